The van der Waals surface area contributed by atoms with Crippen molar-refractivity contribution in [3.63, 3.8) is 0 Å². The predicted octanol–water partition coefficient (Wildman–Crippen LogP) is 3.87. The van der Waals surface area contributed by atoms with Crippen molar-refractivity contribution in [1.82, 2.24) is 15.3 Å². The molecule has 1 amide bonds. The Hall–Kier alpha value is -2.97. The van der Waals surface area contributed by atoms with E-state index in [2.05, 4.69) is 15.3 Å². The molecule has 1 aromatic carbocycles. The van der Waals surface area contributed by atoms with E-state index in [4.69, 9.17) is 10.5 Å². The fourth-order valence-corrected chi connectivity index (χ4v) is 4.72. The van der Waals surface area contributed by atoms with Crippen LogP contribution in [0.4, 0.5) is 4.39 Å². The van der Waals surface area contributed by atoms with Gasteiger partial charge in [0.2, 0.25) is 5.91 Å². The maximum Gasteiger partial charge on any atom is 0.237 e. The van der Waals surface area contributed by atoms with Gasteiger partial charge < -0.3 is 25.9 Å². The van der Waals surface area contributed by atoms with E-state index in [9.17, 15) is 14.3 Å². The van der Waals surface area contributed by atoms with Crippen LogP contribution in [0.5, 0.6) is 11.5 Å². The van der Waals surface area contributed by atoms with Gasteiger partial charge in [0, 0.05) is 24.5 Å². The first kappa shape index (κ1) is 23.2. The van der Waals surface area contributed by atoms with Crippen LogP contribution in [0, 0.1) is 12.7 Å². The Kier molecular flexibility index (Phi) is 6.95. The number of benzene rings is 1. The van der Waals surface area contributed by atoms with Crippen molar-refractivity contribution in [2.24, 2.45) is 5.73 Å². The van der Waals surface area contributed by atoms with Gasteiger partial charge in [0.05, 0.1) is 11.4 Å². The number of hydrogen-bond acceptors (Lipinski definition) is 5. The van der Waals surface area contributed by atoms with Crippen LogP contribution in [0.25, 0.3) is 11.0 Å². The summed E-state index contributed by atoms with van der Waals surface area (Å²) in [5.41, 5.74) is 8.01. The minimum Gasteiger partial charge on any atom is -0.453 e. The number of hydrogen-bond donors (Lipinski definition) is 4. The third-order valence-corrected chi connectivity index (χ3v) is 6.53. The Bertz CT molecular complexity index is 1120. The molecule has 1 aliphatic carbocycles. The molecule has 3 aromatic rings. The summed E-state index contributed by atoms with van der Waals surface area (Å²) >= 11 is 0. The van der Waals surface area contributed by atoms with Crippen molar-refractivity contribution in [2.45, 2.75) is 63.5 Å². The van der Waals surface area contributed by atoms with E-state index in [1.807, 2.05) is 13.1 Å². The summed E-state index contributed by atoms with van der Waals surface area (Å²) in [5.74, 6) is -0.187. The predicted molar refractivity (Wildman–Crippen MR) is 125 cm³/mol. The fourth-order valence-electron chi connectivity index (χ4n) is 4.72. The summed E-state index contributed by atoms with van der Waals surface area (Å²) in [5, 5.41) is 13.3. The minimum absolute atomic E-state index is 0.0221. The van der Waals surface area contributed by atoms with Crippen LogP contribution in [0.15, 0.2) is 36.7 Å². The van der Waals surface area contributed by atoms with Gasteiger partial charge in [-0.1, -0.05) is 25.3 Å². The standard InChI is InChI=1S/C25H31FN4O3/c1-16-15-29-23-22(16)21(7-11-28-23)33-20-6-5-17(13-18(20)26)14-19(27)24(32)30-25(10-12-31)8-3-2-4-9-25/h5-7,11,13,15,19,31H,2-4,8-10,12,14,27H2,1H3,(H,28,29)(H,30,32)/t19-/m0/s1. The summed E-state index contributed by atoms with van der Waals surface area (Å²) in [6.07, 6.45) is 9.02. The molecule has 0 saturated heterocycles. The quantitative estimate of drug-likeness (QED) is 0.413. The van der Waals surface area contributed by atoms with E-state index >= 15 is 0 Å². The van der Waals surface area contributed by atoms with Crippen LogP contribution < -0.4 is 15.8 Å². The van der Waals surface area contributed by atoms with E-state index in [1.54, 1.807) is 24.4 Å². The van der Waals surface area contributed by atoms with E-state index in [0.717, 1.165) is 43.1 Å². The molecule has 0 aliphatic heterocycles. The smallest absolute Gasteiger partial charge is 0.237 e. The molecule has 1 atom stereocenters. The molecule has 33 heavy (non-hydrogen) atoms. The van der Waals surface area contributed by atoms with Crippen LogP contribution >= 0.6 is 0 Å². The third-order valence-electron chi connectivity index (χ3n) is 6.53. The van der Waals surface area contributed by atoms with Gasteiger partial charge in [-0.2, -0.15) is 0 Å². The minimum atomic E-state index is -0.809. The summed E-state index contributed by atoms with van der Waals surface area (Å²) < 4.78 is 20.7. The number of aliphatic hydroxyl groups is 1. The number of halogens is 1. The molecular formula is C25H31FN4O3. The number of fused-ring (bicyclic) bond motifs is 1. The highest BCUT2D eigenvalue weighted by Gasteiger charge is 2.34. The zero-order valence-corrected chi connectivity index (χ0v) is 18.9. The van der Waals surface area contributed by atoms with E-state index in [-0.39, 0.29) is 24.7 Å². The Morgan fingerprint density at radius 1 is 1.30 bits per heavy atom. The average Bonchev–Trinajstić information content (AvgIpc) is 3.18. The number of carbonyl (C=O) groups excluding carboxylic acids is 1. The van der Waals surface area contributed by atoms with Gasteiger partial charge in [0.25, 0.3) is 0 Å². The number of ether oxygens (including phenoxy) is 1. The number of aryl methyl sites for hydroxylation is 1. The van der Waals surface area contributed by atoms with Gasteiger partial charge in [-0.3, -0.25) is 4.79 Å². The fraction of sp³-hybridized carbons (Fsp3) is 0.440. The number of aromatic amines is 1. The van der Waals surface area contributed by atoms with E-state index < -0.39 is 17.4 Å². The van der Waals surface area contributed by atoms with Crippen LogP contribution in [0.1, 0.15) is 49.7 Å². The second-order valence-electron chi connectivity index (χ2n) is 8.99. The average molecular weight is 455 g/mol. The van der Waals surface area contributed by atoms with Crippen molar-refractivity contribution in [1.29, 1.82) is 0 Å². The zero-order valence-electron chi connectivity index (χ0n) is 18.9. The summed E-state index contributed by atoms with van der Waals surface area (Å²) in [6, 6.07) is 5.52. The number of nitrogens with one attached hydrogen (secondary N) is 2. The molecule has 176 valence electrons. The highest BCUT2D eigenvalue weighted by atomic mass is 19.1. The number of nitrogens with zero attached hydrogens (tertiary/aromatic N) is 1. The largest absolute Gasteiger partial charge is 0.453 e. The van der Waals surface area contributed by atoms with Gasteiger partial charge in [-0.15, -0.1) is 0 Å². The first-order valence-electron chi connectivity index (χ1n) is 11.5. The summed E-state index contributed by atoms with van der Waals surface area (Å²) in [6.45, 7) is 1.95. The molecule has 2 aromatic heterocycles. The monoisotopic (exact) mass is 454 g/mol. The normalized spacial score (nSPS) is 16.5. The summed E-state index contributed by atoms with van der Waals surface area (Å²) in [7, 11) is 0. The Balaban J connectivity index is 1.43. The van der Waals surface area contributed by atoms with E-state index in [1.165, 1.54) is 6.07 Å². The number of aromatic nitrogens is 2. The lowest BCUT2D eigenvalue weighted by Crippen LogP contribution is -2.55. The number of rotatable bonds is 8. The third kappa shape index (κ3) is 5.17. The second-order valence-corrected chi connectivity index (χ2v) is 8.99. The lowest BCUT2D eigenvalue weighted by Gasteiger charge is -2.38. The Morgan fingerprint density at radius 2 is 2.09 bits per heavy atom. The Morgan fingerprint density at radius 3 is 2.82 bits per heavy atom. The molecule has 0 spiro atoms. The van der Waals surface area contributed by atoms with Crippen LogP contribution in [-0.4, -0.2) is 39.2 Å². The molecular weight excluding hydrogens is 423 g/mol. The molecule has 8 heteroatoms. The maximum atomic E-state index is 14.8. The number of amides is 1. The van der Waals surface area contributed by atoms with Crippen molar-refractivity contribution in [3.8, 4) is 11.5 Å². The summed E-state index contributed by atoms with van der Waals surface area (Å²) in [4.78, 5) is 20.1. The van der Waals surface area contributed by atoms with Crippen molar-refractivity contribution in [2.75, 3.05) is 6.61 Å². The van der Waals surface area contributed by atoms with Gasteiger partial charge >= 0.3 is 0 Å². The molecule has 1 aliphatic rings. The lowest BCUT2D eigenvalue weighted by molar-refractivity contribution is -0.125. The lowest BCUT2D eigenvalue weighted by atomic mass is 9.79. The maximum absolute atomic E-state index is 14.8. The molecule has 1 fully saturated rings. The zero-order chi connectivity index (χ0) is 23.4. The number of H-pyrrole nitrogens is 1. The first-order valence-corrected chi connectivity index (χ1v) is 11.5. The van der Waals surface area contributed by atoms with Crippen LogP contribution in [0.2, 0.25) is 0 Å². The van der Waals surface area contributed by atoms with Gasteiger partial charge in [0.15, 0.2) is 11.6 Å². The second kappa shape index (κ2) is 9.89. The van der Waals surface area contributed by atoms with Crippen LogP contribution in [-0.2, 0) is 11.2 Å². The molecule has 0 radical (unpaired) electrons. The highest BCUT2D eigenvalue weighted by molar-refractivity contribution is 5.86. The number of carbonyl (C=O) groups is 1. The highest BCUT2D eigenvalue weighted by Crippen LogP contribution is 2.33. The van der Waals surface area contributed by atoms with Gasteiger partial charge in [0.1, 0.15) is 11.4 Å². The number of pyridine rings is 1. The Labute approximate surface area is 192 Å². The molecule has 1 saturated carbocycles. The molecule has 0 bridgehead atoms. The molecule has 5 N–H and O–H groups in total. The van der Waals surface area contributed by atoms with Crippen LogP contribution in [0.3, 0.4) is 0 Å². The van der Waals surface area contributed by atoms with Gasteiger partial charge in [-0.25, -0.2) is 9.37 Å². The topological polar surface area (TPSA) is 113 Å². The first-order chi connectivity index (χ1) is 15.9. The molecule has 4 rings (SSSR count). The van der Waals surface area contributed by atoms with Crippen molar-refractivity contribution < 1.29 is 19.0 Å². The van der Waals surface area contributed by atoms with Crippen molar-refractivity contribution >= 4 is 16.9 Å². The van der Waals surface area contributed by atoms with E-state index in [0.29, 0.717) is 23.4 Å². The van der Waals surface area contributed by atoms with Crippen molar-refractivity contribution in [3.05, 3.63) is 53.6 Å². The number of aliphatic hydroxyl groups excluding tert-OH is 1. The molecule has 2 heterocycles. The SMILES string of the molecule is Cc1c[nH]c2nccc(Oc3ccc(C[C@H](N)C(=O)NC4(CCO)CCCCC4)cc3F)c12. The van der Waals surface area contributed by atoms with Gasteiger partial charge in [-0.05, 0) is 61.9 Å². The molecule has 0 unspecified atom stereocenters. The number of nitrogens with two attached hydrogens (primary N) is 1. The molecule has 7 nitrogen and oxygen atoms in total.